The highest BCUT2D eigenvalue weighted by Gasteiger charge is 2.03. The van der Waals surface area contributed by atoms with Gasteiger partial charge in [0.2, 0.25) is 0 Å². The third kappa shape index (κ3) is 1.75. The Morgan fingerprint density at radius 3 is 2.86 bits per heavy atom. The summed E-state index contributed by atoms with van der Waals surface area (Å²) in [5.74, 6) is 0. The topological polar surface area (TPSA) is 38.9 Å². The molecule has 0 atom stereocenters. The number of nitrogens with zero attached hydrogens (tertiary/aromatic N) is 1. The molecule has 14 heavy (non-hydrogen) atoms. The Labute approximate surface area is 95.2 Å². The number of halogens is 2. The van der Waals surface area contributed by atoms with Crippen LogP contribution in [0.2, 0.25) is 5.15 Å². The van der Waals surface area contributed by atoms with Gasteiger partial charge in [0, 0.05) is 16.4 Å². The van der Waals surface area contributed by atoms with Gasteiger partial charge in [0.05, 0.1) is 5.69 Å². The van der Waals surface area contributed by atoms with Crippen molar-refractivity contribution in [1.29, 1.82) is 0 Å². The molecule has 0 unspecified atom stereocenters. The quantitative estimate of drug-likeness (QED) is 0.810. The molecular formula is C10H8BrClN2. The van der Waals surface area contributed by atoms with Gasteiger partial charge in [-0.05, 0) is 23.6 Å². The average molecular weight is 272 g/mol. The molecule has 0 aliphatic heterocycles. The van der Waals surface area contributed by atoms with Gasteiger partial charge in [0.15, 0.2) is 0 Å². The summed E-state index contributed by atoms with van der Waals surface area (Å²) in [6.07, 6.45) is 0. The lowest BCUT2D eigenvalue weighted by Gasteiger charge is -2.03. The van der Waals surface area contributed by atoms with Gasteiger partial charge < -0.3 is 5.73 Å². The minimum absolute atomic E-state index is 0.408. The first-order valence-electron chi connectivity index (χ1n) is 4.15. The van der Waals surface area contributed by atoms with Gasteiger partial charge in [-0.15, -0.1) is 0 Å². The van der Waals surface area contributed by atoms with Crippen LogP contribution in [0.3, 0.4) is 0 Å². The number of pyridine rings is 1. The molecule has 0 bridgehead atoms. The third-order valence-corrected chi connectivity index (χ3v) is 2.79. The number of hydrogen-bond acceptors (Lipinski definition) is 2. The van der Waals surface area contributed by atoms with E-state index in [4.69, 9.17) is 17.3 Å². The van der Waals surface area contributed by atoms with Crippen LogP contribution in [0.15, 0.2) is 28.7 Å². The fraction of sp³-hybridized carbons (Fsp3) is 0.100. The largest absolute Gasteiger partial charge is 0.325 e. The van der Waals surface area contributed by atoms with Crippen LogP contribution in [-0.4, -0.2) is 4.98 Å². The minimum Gasteiger partial charge on any atom is -0.325 e. The number of rotatable bonds is 1. The Morgan fingerprint density at radius 1 is 1.36 bits per heavy atom. The first-order chi connectivity index (χ1) is 6.70. The Balaban J connectivity index is 2.76. The van der Waals surface area contributed by atoms with Crippen LogP contribution in [0.25, 0.3) is 10.8 Å². The number of benzene rings is 1. The van der Waals surface area contributed by atoms with Crippen LogP contribution < -0.4 is 5.73 Å². The summed E-state index contributed by atoms with van der Waals surface area (Å²) in [4.78, 5) is 4.18. The summed E-state index contributed by atoms with van der Waals surface area (Å²) in [6.45, 7) is 0.408. The summed E-state index contributed by atoms with van der Waals surface area (Å²) in [5.41, 5.74) is 6.32. The van der Waals surface area contributed by atoms with E-state index in [2.05, 4.69) is 20.9 Å². The van der Waals surface area contributed by atoms with Crippen molar-refractivity contribution in [2.45, 2.75) is 6.54 Å². The Morgan fingerprint density at radius 2 is 2.14 bits per heavy atom. The van der Waals surface area contributed by atoms with Crippen molar-refractivity contribution in [3.63, 3.8) is 0 Å². The molecule has 2 nitrogen and oxygen atoms in total. The van der Waals surface area contributed by atoms with Crippen molar-refractivity contribution in [2.75, 3.05) is 0 Å². The molecule has 1 heterocycles. The maximum Gasteiger partial charge on any atom is 0.137 e. The predicted octanol–water partition coefficient (Wildman–Crippen LogP) is 3.11. The molecular weight excluding hydrogens is 263 g/mol. The van der Waals surface area contributed by atoms with Crippen LogP contribution in [0.5, 0.6) is 0 Å². The summed E-state index contributed by atoms with van der Waals surface area (Å²) in [7, 11) is 0. The minimum atomic E-state index is 0.408. The Bertz CT molecular complexity index is 485. The molecule has 2 rings (SSSR count). The van der Waals surface area contributed by atoms with Gasteiger partial charge in [-0.3, -0.25) is 0 Å². The van der Waals surface area contributed by atoms with Crippen LogP contribution in [0.1, 0.15) is 5.69 Å². The van der Waals surface area contributed by atoms with Crippen LogP contribution in [-0.2, 0) is 6.54 Å². The van der Waals surface area contributed by atoms with E-state index in [1.54, 1.807) is 0 Å². The zero-order valence-corrected chi connectivity index (χ0v) is 9.64. The molecule has 1 aromatic carbocycles. The lowest BCUT2D eigenvalue weighted by molar-refractivity contribution is 0.998. The molecule has 0 amide bonds. The third-order valence-electron chi connectivity index (χ3n) is 2.01. The summed E-state index contributed by atoms with van der Waals surface area (Å²) < 4.78 is 0.995. The summed E-state index contributed by atoms with van der Waals surface area (Å²) in [6, 6.07) is 7.86. The Kier molecular flexibility index (Phi) is 2.72. The van der Waals surface area contributed by atoms with E-state index in [0.717, 1.165) is 20.9 Å². The van der Waals surface area contributed by atoms with Crippen molar-refractivity contribution >= 4 is 38.3 Å². The highest BCUT2D eigenvalue weighted by atomic mass is 79.9. The molecule has 4 heteroatoms. The predicted molar refractivity (Wildman–Crippen MR) is 62.3 cm³/mol. The fourth-order valence-electron chi connectivity index (χ4n) is 1.34. The number of hydrogen-bond donors (Lipinski definition) is 1. The van der Waals surface area contributed by atoms with E-state index < -0.39 is 0 Å². The first-order valence-corrected chi connectivity index (χ1v) is 5.32. The zero-order valence-electron chi connectivity index (χ0n) is 7.30. The monoisotopic (exact) mass is 270 g/mol. The van der Waals surface area contributed by atoms with E-state index in [0.29, 0.717) is 11.7 Å². The van der Waals surface area contributed by atoms with Crippen LogP contribution in [0.4, 0.5) is 0 Å². The van der Waals surface area contributed by atoms with Crippen LogP contribution in [0, 0.1) is 0 Å². The van der Waals surface area contributed by atoms with E-state index >= 15 is 0 Å². The van der Waals surface area contributed by atoms with E-state index in [-0.39, 0.29) is 0 Å². The SMILES string of the molecule is NCc1cc2ccc(Br)cc2c(Cl)n1. The van der Waals surface area contributed by atoms with Crippen LogP contribution >= 0.6 is 27.5 Å². The van der Waals surface area contributed by atoms with Gasteiger partial charge >= 0.3 is 0 Å². The second-order valence-electron chi connectivity index (χ2n) is 2.97. The molecule has 0 aliphatic rings. The zero-order chi connectivity index (χ0) is 10.1. The van der Waals surface area contributed by atoms with E-state index in [9.17, 15) is 0 Å². The molecule has 0 spiro atoms. The molecule has 0 radical (unpaired) electrons. The highest BCUT2D eigenvalue weighted by Crippen LogP contribution is 2.25. The molecule has 0 fully saturated rings. The second kappa shape index (κ2) is 3.85. The number of aromatic nitrogens is 1. The molecule has 2 aromatic rings. The van der Waals surface area contributed by atoms with Crippen molar-refractivity contribution in [1.82, 2.24) is 4.98 Å². The first kappa shape index (κ1) is 9.90. The number of nitrogens with two attached hydrogens (primary N) is 1. The van der Waals surface area contributed by atoms with Crippen molar-refractivity contribution in [2.24, 2.45) is 5.73 Å². The van der Waals surface area contributed by atoms with Crippen molar-refractivity contribution in [3.05, 3.63) is 39.6 Å². The molecule has 0 saturated carbocycles. The lowest BCUT2D eigenvalue weighted by Crippen LogP contribution is -1.99. The van der Waals surface area contributed by atoms with E-state index in [1.165, 1.54) is 0 Å². The highest BCUT2D eigenvalue weighted by molar-refractivity contribution is 9.10. The van der Waals surface area contributed by atoms with Gasteiger partial charge in [0.25, 0.3) is 0 Å². The second-order valence-corrected chi connectivity index (χ2v) is 4.25. The summed E-state index contributed by atoms with van der Waals surface area (Å²) in [5, 5.41) is 2.51. The van der Waals surface area contributed by atoms with Gasteiger partial charge in [-0.2, -0.15) is 0 Å². The standard InChI is InChI=1S/C10H8BrClN2/c11-7-2-1-6-3-8(5-13)14-10(12)9(6)4-7/h1-4H,5,13H2. The number of fused-ring (bicyclic) bond motifs is 1. The van der Waals surface area contributed by atoms with Crippen molar-refractivity contribution in [3.8, 4) is 0 Å². The fourth-order valence-corrected chi connectivity index (χ4v) is 1.97. The van der Waals surface area contributed by atoms with E-state index in [1.807, 2.05) is 24.3 Å². The normalized spacial score (nSPS) is 10.8. The molecule has 2 N–H and O–H groups in total. The molecule has 0 saturated heterocycles. The molecule has 1 aromatic heterocycles. The smallest absolute Gasteiger partial charge is 0.137 e. The van der Waals surface area contributed by atoms with Crippen molar-refractivity contribution < 1.29 is 0 Å². The Hall–Kier alpha value is -0.640. The maximum absolute atomic E-state index is 6.03. The lowest BCUT2D eigenvalue weighted by atomic mass is 10.1. The van der Waals surface area contributed by atoms with Gasteiger partial charge in [0.1, 0.15) is 5.15 Å². The molecule has 0 aliphatic carbocycles. The molecule has 72 valence electrons. The average Bonchev–Trinajstić information content (AvgIpc) is 2.19. The van der Waals surface area contributed by atoms with Gasteiger partial charge in [-0.25, -0.2) is 4.98 Å². The summed E-state index contributed by atoms with van der Waals surface area (Å²) >= 11 is 9.42. The maximum atomic E-state index is 6.03. The van der Waals surface area contributed by atoms with Gasteiger partial charge in [-0.1, -0.05) is 33.6 Å².